The van der Waals surface area contributed by atoms with Gasteiger partial charge in [-0.3, -0.25) is 14.6 Å². The fourth-order valence-electron chi connectivity index (χ4n) is 4.60. The van der Waals surface area contributed by atoms with Crippen molar-refractivity contribution in [2.45, 2.75) is 31.6 Å². The number of benzene rings is 2. The average molecular weight is 415 g/mol. The maximum Gasteiger partial charge on any atom is 0.315 e. The molecule has 1 aliphatic heterocycles. The van der Waals surface area contributed by atoms with Gasteiger partial charge >= 0.3 is 5.97 Å². The number of hydrogen-bond acceptors (Lipinski definition) is 5. The van der Waals surface area contributed by atoms with Crippen LogP contribution in [0, 0.1) is 5.92 Å². The average Bonchev–Trinajstić information content (AvgIpc) is 2.77. The maximum atomic E-state index is 13.4. The second-order valence-electron chi connectivity index (χ2n) is 8.02. The lowest BCUT2D eigenvalue weighted by Crippen LogP contribution is -2.38. The van der Waals surface area contributed by atoms with Gasteiger partial charge < -0.3 is 9.84 Å². The fourth-order valence-corrected chi connectivity index (χ4v) is 4.60. The molecule has 5 nitrogen and oxygen atoms in total. The van der Waals surface area contributed by atoms with Crippen molar-refractivity contribution in [3.63, 3.8) is 0 Å². The lowest BCUT2D eigenvalue weighted by molar-refractivity contribution is -0.145. The zero-order valence-electron chi connectivity index (χ0n) is 17.5. The minimum atomic E-state index is -0.694. The largest absolute Gasteiger partial charge is 0.508 e. The molecule has 0 aromatic heterocycles. The minimum absolute atomic E-state index is 0.00551. The molecule has 0 fully saturated rings. The lowest BCUT2D eigenvalue weighted by Gasteiger charge is -2.36. The van der Waals surface area contributed by atoms with Crippen molar-refractivity contribution in [3.05, 3.63) is 89.6 Å². The van der Waals surface area contributed by atoms with E-state index in [1.807, 2.05) is 37.3 Å². The lowest BCUT2D eigenvalue weighted by atomic mass is 9.69. The molecule has 0 saturated carbocycles. The zero-order valence-corrected chi connectivity index (χ0v) is 17.5. The summed E-state index contributed by atoms with van der Waals surface area (Å²) in [4.78, 5) is 31.1. The minimum Gasteiger partial charge on any atom is -0.508 e. The molecule has 0 bridgehead atoms. The van der Waals surface area contributed by atoms with Crippen LogP contribution in [0.3, 0.4) is 0 Å². The highest BCUT2D eigenvalue weighted by molar-refractivity contribution is 6.09. The van der Waals surface area contributed by atoms with E-state index in [2.05, 4.69) is 6.58 Å². The van der Waals surface area contributed by atoms with E-state index < -0.39 is 17.8 Å². The summed E-state index contributed by atoms with van der Waals surface area (Å²) >= 11 is 0. The standard InChI is InChI=1S/C26H25NO4/c1-3-13-31-26(30)23-16(2)27-21-14-19(17-7-5-4-6-8-17)15-22(29)25(21)24(23)18-9-11-20(28)12-10-18/h3-12,19,23-24,28H,1,13-15H2,2H3/t19-,23?,24-/m1/s1. The van der Waals surface area contributed by atoms with Crippen molar-refractivity contribution in [2.75, 3.05) is 6.61 Å². The van der Waals surface area contributed by atoms with Gasteiger partial charge in [0.2, 0.25) is 0 Å². The monoisotopic (exact) mass is 415 g/mol. The third-order valence-electron chi connectivity index (χ3n) is 6.01. The summed E-state index contributed by atoms with van der Waals surface area (Å²) in [6.45, 7) is 5.51. The summed E-state index contributed by atoms with van der Waals surface area (Å²) < 4.78 is 5.36. The van der Waals surface area contributed by atoms with Crippen LogP contribution in [-0.2, 0) is 14.3 Å². The molecular formula is C26H25NO4. The van der Waals surface area contributed by atoms with E-state index in [1.165, 1.54) is 6.08 Å². The van der Waals surface area contributed by atoms with Crippen molar-refractivity contribution in [1.82, 2.24) is 0 Å². The Kier molecular flexibility index (Phi) is 5.85. The van der Waals surface area contributed by atoms with Gasteiger partial charge in [-0.2, -0.15) is 0 Å². The highest BCUT2D eigenvalue weighted by atomic mass is 16.5. The van der Waals surface area contributed by atoms with Crippen LogP contribution in [0.15, 0.2) is 83.5 Å². The summed E-state index contributed by atoms with van der Waals surface area (Å²) in [6.07, 6.45) is 2.54. The Morgan fingerprint density at radius 2 is 1.84 bits per heavy atom. The van der Waals surface area contributed by atoms with Gasteiger partial charge in [-0.1, -0.05) is 55.1 Å². The number of esters is 1. The molecule has 2 aliphatic rings. The molecule has 1 aliphatic carbocycles. The molecule has 2 aromatic rings. The molecule has 1 heterocycles. The molecular weight excluding hydrogens is 390 g/mol. The third kappa shape index (κ3) is 4.08. The van der Waals surface area contributed by atoms with Crippen molar-refractivity contribution >= 4 is 17.5 Å². The Balaban J connectivity index is 1.78. The first-order valence-corrected chi connectivity index (χ1v) is 10.4. The smallest absolute Gasteiger partial charge is 0.315 e. The molecule has 158 valence electrons. The van der Waals surface area contributed by atoms with Crippen LogP contribution in [0.2, 0.25) is 0 Å². The number of nitrogens with zero attached hydrogens (tertiary/aromatic N) is 1. The Bertz CT molecular complexity index is 1070. The third-order valence-corrected chi connectivity index (χ3v) is 6.01. The molecule has 0 saturated heterocycles. The number of aliphatic imine (C=N–C) groups is 1. The van der Waals surface area contributed by atoms with Crippen LogP contribution in [0.5, 0.6) is 5.75 Å². The van der Waals surface area contributed by atoms with Crippen LogP contribution >= 0.6 is 0 Å². The summed E-state index contributed by atoms with van der Waals surface area (Å²) in [5, 5.41) is 9.74. The number of Topliss-reactive ketones (excluding diaryl/α,β-unsaturated/α-hetero) is 1. The van der Waals surface area contributed by atoms with Crippen molar-refractivity contribution in [2.24, 2.45) is 10.9 Å². The van der Waals surface area contributed by atoms with Crippen LogP contribution in [0.25, 0.3) is 0 Å². The highest BCUT2D eigenvalue weighted by Crippen LogP contribution is 2.46. The van der Waals surface area contributed by atoms with Gasteiger partial charge in [-0.25, -0.2) is 0 Å². The molecule has 3 atom stereocenters. The predicted molar refractivity (Wildman–Crippen MR) is 119 cm³/mol. The van der Waals surface area contributed by atoms with Crippen molar-refractivity contribution < 1.29 is 19.4 Å². The van der Waals surface area contributed by atoms with Gasteiger partial charge in [-0.05, 0) is 42.5 Å². The second kappa shape index (κ2) is 8.72. The number of carbonyl (C=O) groups is 2. The molecule has 5 heteroatoms. The van der Waals surface area contributed by atoms with E-state index in [-0.39, 0.29) is 24.1 Å². The zero-order chi connectivity index (χ0) is 22.0. The van der Waals surface area contributed by atoms with E-state index in [1.54, 1.807) is 24.3 Å². The van der Waals surface area contributed by atoms with E-state index in [9.17, 15) is 14.7 Å². The van der Waals surface area contributed by atoms with Gasteiger partial charge in [0.15, 0.2) is 5.78 Å². The number of rotatable bonds is 5. The molecule has 0 radical (unpaired) electrons. The summed E-state index contributed by atoms with van der Waals surface area (Å²) in [7, 11) is 0. The molecule has 2 aromatic carbocycles. The predicted octanol–water partition coefficient (Wildman–Crippen LogP) is 4.70. The first-order chi connectivity index (χ1) is 15.0. The van der Waals surface area contributed by atoms with Crippen molar-refractivity contribution in [3.8, 4) is 5.75 Å². The van der Waals surface area contributed by atoms with Crippen LogP contribution in [0.1, 0.15) is 42.7 Å². The van der Waals surface area contributed by atoms with Gasteiger partial charge in [-0.15, -0.1) is 0 Å². The van der Waals surface area contributed by atoms with Crippen LogP contribution < -0.4 is 0 Å². The Morgan fingerprint density at radius 1 is 1.13 bits per heavy atom. The van der Waals surface area contributed by atoms with E-state index in [0.29, 0.717) is 24.1 Å². The number of ether oxygens (including phenoxy) is 1. The van der Waals surface area contributed by atoms with Crippen molar-refractivity contribution in [1.29, 1.82) is 0 Å². The second-order valence-corrected chi connectivity index (χ2v) is 8.02. The molecule has 31 heavy (non-hydrogen) atoms. The van der Waals surface area contributed by atoms with Gasteiger partial charge in [0.25, 0.3) is 0 Å². The Hall–Kier alpha value is -3.47. The SMILES string of the molecule is C=CCOC(=O)C1C(C)=NC2=C(C(=O)C[C@H](c3ccccc3)C2)[C@@H]1c1ccc(O)cc1. The number of carbonyl (C=O) groups excluding carboxylic acids is 2. The molecule has 4 rings (SSSR count). The number of hydrogen-bond donors (Lipinski definition) is 1. The topological polar surface area (TPSA) is 76.0 Å². The number of allylic oxidation sites excluding steroid dienone is 2. The first-order valence-electron chi connectivity index (χ1n) is 10.4. The number of phenols is 1. The quantitative estimate of drug-likeness (QED) is 0.567. The highest BCUT2D eigenvalue weighted by Gasteiger charge is 2.44. The fraction of sp³-hybridized carbons (Fsp3) is 0.269. The van der Waals surface area contributed by atoms with Gasteiger partial charge in [0.1, 0.15) is 18.3 Å². The summed E-state index contributed by atoms with van der Waals surface area (Å²) in [5.41, 5.74) is 3.86. The number of aromatic hydroxyl groups is 1. The van der Waals surface area contributed by atoms with Crippen LogP contribution in [-0.4, -0.2) is 29.2 Å². The van der Waals surface area contributed by atoms with Gasteiger partial charge in [0, 0.05) is 29.3 Å². The van der Waals surface area contributed by atoms with Gasteiger partial charge in [0.05, 0.1) is 0 Å². The Labute approximate surface area is 181 Å². The summed E-state index contributed by atoms with van der Waals surface area (Å²) in [5.74, 6) is -1.41. The molecule has 1 N–H and O–H groups in total. The number of ketones is 1. The number of phenolic OH excluding ortho intramolecular Hbond substituents is 1. The Morgan fingerprint density at radius 3 is 2.52 bits per heavy atom. The molecule has 1 unspecified atom stereocenters. The maximum absolute atomic E-state index is 13.4. The first kappa shape index (κ1) is 20.8. The van der Waals surface area contributed by atoms with E-state index in [4.69, 9.17) is 9.73 Å². The van der Waals surface area contributed by atoms with Crippen LogP contribution in [0.4, 0.5) is 0 Å². The summed E-state index contributed by atoms with van der Waals surface area (Å²) in [6, 6.07) is 16.6. The normalized spacial score (nSPS) is 23.1. The molecule has 0 spiro atoms. The van der Waals surface area contributed by atoms with E-state index >= 15 is 0 Å². The van der Waals surface area contributed by atoms with E-state index in [0.717, 1.165) is 16.8 Å². The molecule has 0 amide bonds.